The van der Waals surface area contributed by atoms with Gasteiger partial charge in [0, 0.05) is 31.4 Å². The summed E-state index contributed by atoms with van der Waals surface area (Å²) in [6.07, 6.45) is 1.45. The van der Waals surface area contributed by atoms with E-state index in [1.807, 2.05) is 32.0 Å². The van der Waals surface area contributed by atoms with Crippen molar-refractivity contribution in [1.29, 1.82) is 0 Å². The molecule has 1 aromatic heterocycles. The van der Waals surface area contributed by atoms with Crippen LogP contribution in [0.5, 0.6) is 11.5 Å². The molecule has 0 aliphatic rings. The van der Waals surface area contributed by atoms with Crippen LogP contribution >= 0.6 is 38.9 Å². The number of aryl methyl sites for hydroxylation is 1. The third kappa shape index (κ3) is 7.34. The van der Waals surface area contributed by atoms with Crippen molar-refractivity contribution in [2.75, 3.05) is 11.9 Å². The number of esters is 1. The summed E-state index contributed by atoms with van der Waals surface area (Å²) in [7, 11) is 0. The molecule has 0 atom stereocenters. The number of nitrogens with one attached hydrogen (secondary N) is 2. The number of rotatable bonds is 9. The number of nitrogens with zero attached hydrogens (tertiary/aromatic N) is 1. The van der Waals surface area contributed by atoms with Crippen molar-refractivity contribution >= 4 is 78.6 Å². The van der Waals surface area contributed by atoms with Gasteiger partial charge in [-0.05, 0) is 97.8 Å². The molecule has 0 bridgehead atoms. The van der Waals surface area contributed by atoms with Crippen LogP contribution in [0.1, 0.15) is 48.4 Å². The smallest absolute Gasteiger partial charge is 0.355 e. The molecule has 0 spiro atoms. The van der Waals surface area contributed by atoms with E-state index in [0.717, 1.165) is 20.1 Å². The zero-order valence-electron chi connectivity index (χ0n) is 23.5. The lowest BCUT2D eigenvalue weighted by molar-refractivity contribution is 0.0733. The SMILES string of the molecule is CCOc1cc(/C=N\NC(=O)c2ccc(NC(=O)c3ccc(Br)cc3)cc2)ccc1OC(=O)c1sc2cc(C)ccc2c1Cl. The lowest BCUT2D eigenvalue weighted by Gasteiger charge is -2.11. The highest BCUT2D eigenvalue weighted by atomic mass is 79.9. The van der Waals surface area contributed by atoms with Crippen molar-refractivity contribution in [2.45, 2.75) is 13.8 Å². The standard InChI is InChI=1S/C33H25BrClN3O5S/c1-3-42-27-17-20(5-15-26(27)43-33(41)30-29(35)25-14-4-19(2)16-28(25)44-30)18-36-38-32(40)22-8-12-24(13-9-22)37-31(39)21-6-10-23(34)11-7-21/h4-18H,3H2,1-2H3,(H,37,39)(H,38,40)/b36-18-. The normalized spacial score (nSPS) is 11.0. The Labute approximate surface area is 270 Å². The number of anilines is 1. The molecule has 222 valence electrons. The molecule has 8 nitrogen and oxygen atoms in total. The fraction of sp³-hybridized carbons (Fsp3) is 0.0909. The van der Waals surface area contributed by atoms with Crippen molar-refractivity contribution < 1.29 is 23.9 Å². The minimum absolute atomic E-state index is 0.232. The van der Waals surface area contributed by atoms with Gasteiger partial charge < -0.3 is 14.8 Å². The molecule has 44 heavy (non-hydrogen) atoms. The maximum absolute atomic E-state index is 13.0. The Bertz CT molecular complexity index is 1890. The number of halogens is 2. The number of carbonyl (C=O) groups is 3. The fourth-order valence-corrected chi connectivity index (χ4v) is 5.89. The number of fused-ring (bicyclic) bond motifs is 1. The first-order valence-corrected chi connectivity index (χ1v) is 15.4. The van der Waals surface area contributed by atoms with E-state index >= 15 is 0 Å². The molecule has 0 fully saturated rings. The van der Waals surface area contributed by atoms with Crippen LogP contribution in [0.4, 0.5) is 5.69 Å². The predicted octanol–water partition coefficient (Wildman–Crippen LogP) is 8.26. The zero-order valence-corrected chi connectivity index (χ0v) is 26.7. The Morgan fingerprint density at radius 3 is 2.34 bits per heavy atom. The van der Waals surface area contributed by atoms with Crippen molar-refractivity contribution in [2.24, 2.45) is 5.10 Å². The van der Waals surface area contributed by atoms with Crippen LogP contribution in [-0.2, 0) is 0 Å². The molecule has 0 unspecified atom stereocenters. The molecule has 1 heterocycles. The van der Waals surface area contributed by atoms with Gasteiger partial charge in [0.25, 0.3) is 11.8 Å². The molecule has 0 aliphatic carbocycles. The molecule has 2 amide bonds. The first-order chi connectivity index (χ1) is 21.2. The quantitative estimate of drug-likeness (QED) is 0.0701. The van der Waals surface area contributed by atoms with Gasteiger partial charge >= 0.3 is 5.97 Å². The summed E-state index contributed by atoms with van der Waals surface area (Å²) in [5.41, 5.74) is 5.57. The monoisotopic (exact) mass is 689 g/mol. The summed E-state index contributed by atoms with van der Waals surface area (Å²) in [6, 6.07) is 24.2. The topological polar surface area (TPSA) is 106 Å². The summed E-state index contributed by atoms with van der Waals surface area (Å²) in [5.74, 6) is -0.703. The van der Waals surface area contributed by atoms with Crippen LogP contribution in [0, 0.1) is 6.92 Å². The number of hydrazone groups is 1. The van der Waals surface area contributed by atoms with Gasteiger partial charge in [-0.1, -0.05) is 39.7 Å². The van der Waals surface area contributed by atoms with E-state index in [4.69, 9.17) is 21.1 Å². The maximum Gasteiger partial charge on any atom is 0.355 e. The van der Waals surface area contributed by atoms with Crippen molar-refractivity contribution in [1.82, 2.24) is 5.43 Å². The molecule has 0 saturated carbocycles. The summed E-state index contributed by atoms with van der Waals surface area (Å²) in [5, 5.41) is 7.99. The van der Waals surface area contributed by atoms with E-state index in [0.29, 0.717) is 44.6 Å². The van der Waals surface area contributed by atoms with Crippen molar-refractivity contribution in [3.8, 4) is 11.5 Å². The number of thiophene rings is 1. The molecule has 2 N–H and O–H groups in total. The van der Waals surface area contributed by atoms with E-state index in [2.05, 4.69) is 31.8 Å². The molecule has 0 saturated heterocycles. The highest BCUT2D eigenvalue weighted by Gasteiger charge is 2.21. The number of ether oxygens (including phenoxy) is 2. The van der Waals surface area contributed by atoms with E-state index in [1.54, 1.807) is 66.7 Å². The maximum atomic E-state index is 13.0. The van der Waals surface area contributed by atoms with E-state index in [9.17, 15) is 14.4 Å². The summed E-state index contributed by atoms with van der Waals surface area (Å²) < 4.78 is 13.1. The van der Waals surface area contributed by atoms with Gasteiger partial charge in [-0.2, -0.15) is 5.10 Å². The predicted molar refractivity (Wildman–Crippen MR) is 178 cm³/mol. The van der Waals surface area contributed by atoms with E-state index < -0.39 is 11.9 Å². The molecule has 5 aromatic rings. The van der Waals surface area contributed by atoms with Gasteiger partial charge in [0.1, 0.15) is 4.88 Å². The summed E-state index contributed by atoms with van der Waals surface area (Å²) in [4.78, 5) is 38.3. The summed E-state index contributed by atoms with van der Waals surface area (Å²) >= 11 is 11.1. The number of hydrogen-bond acceptors (Lipinski definition) is 7. The Hall–Kier alpha value is -4.51. The number of benzene rings is 4. The summed E-state index contributed by atoms with van der Waals surface area (Å²) in [6.45, 7) is 4.13. The Morgan fingerprint density at radius 1 is 0.909 bits per heavy atom. The van der Waals surface area contributed by atoms with Crippen LogP contribution in [0.15, 0.2) is 94.5 Å². The minimum Gasteiger partial charge on any atom is -0.490 e. The van der Waals surface area contributed by atoms with E-state index in [-0.39, 0.29) is 11.7 Å². The van der Waals surface area contributed by atoms with Gasteiger partial charge in [0.2, 0.25) is 0 Å². The second kappa shape index (κ2) is 13.9. The molecular formula is C33H25BrClN3O5S. The average Bonchev–Trinajstić information content (AvgIpc) is 3.34. The fourth-order valence-electron chi connectivity index (χ4n) is 4.15. The Kier molecular flexibility index (Phi) is 9.74. The van der Waals surface area contributed by atoms with Crippen LogP contribution in [0.25, 0.3) is 10.1 Å². The van der Waals surface area contributed by atoms with Crippen LogP contribution < -0.4 is 20.2 Å². The van der Waals surface area contributed by atoms with Gasteiger partial charge in [0.05, 0.1) is 17.8 Å². The highest BCUT2D eigenvalue weighted by Crippen LogP contribution is 2.37. The third-order valence-corrected chi connectivity index (χ3v) is 8.50. The van der Waals surface area contributed by atoms with Gasteiger partial charge in [-0.25, -0.2) is 10.2 Å². The number of hydrogen-bond donors (Lipinski definition) is 2. The molecule has 4 aromatic carbocycles. The van der Waals surface area contributed by atoms with Gasteiger partial charge in [-0.3, -0.25) is 9.59 Å². The minimum atomic E-state index is -0.581. The lowest BCUT2D eigenvalue weighted by atomic mass is 10.1. The average molecular weight is 691 g/mol. The molecular weight excluding hydrogens is 666 g/mol. The number of amides is 2. The molecule has 5 rings (SSSR count). The molecule has 0 radical (unpaired) electrons. The van der Waals surface area contributed by atoms with Crippen LogP contribution in [-0.4, -0.2) is 30.6 Å². The first kappa shape index (κ1) is 30.9. The highest BCUT2D eigenvalue weighted by molar-refractivity contribution is 9.10. The molecule has 0 aliphatic heterocycles. The largest absolute Gasteiger partial charge is 0.490 e. The second-order valence-electron chi connectivity index (χ2n) is 9.51. The zero-order chi connectivity index (χ0) is 31.2. The number of carbonyl (C=O) groups excluding carboxylic acids is 3. The molecule has 11 heteroatoms. The van der Waals surface area contributed by atoms with Crippen molar-refractivity contribution in [3.63, 3.8) is 0 Å². The van der Waals surface area contributed by atoms with Gasteiger partial charge in [-0.15, -0.1) is 11.3 Å². The van der Waals surface area contributed by atoms with Crippen LogP contribution in [0.2, 0.25) is 5.02 Å². The van der Waals surface area contributed by atoms with Crippen molar-refractivity contribution in [3.05, 3.63) is 122 Å². The third-order valence-electron chi connectivity index (χ3n) is 6.33. The van der Waals surface area contributed by atoms with E-state index in [1.165, 1.54) is 17.6 Å². The lowest BCUT2D eigenvalue weighted by Crippen LogP contribution is -2.18. The van der Waals surface area contributed by atoms with Gasteiger partial charge in [0.15, 0.2) is 11.5 Å². The second-order valence-corrected chi connectivity index (χ2v) is 11.9. The van der Waals surface area contributed by atoms with Crippen LogP contribution in [0.3, 0.4) is 0 Å². The first-order valence-electron chi connectivity index (χ1n) is 13.4. The Balaban J connectivity index is 1.21. The Morgan fingerprint density at radius 2 is 1.61 bits per heavy atom.